The molecule has 0 bridgehead atoms. The summed E-state index contributed by atoms with van der Waals surface area (Å²) in [5.74, 6) is -0.491. The summed E-state index contributed by atoms with van der Waals surface area (Å²) in [6, 6.07) is 4.59. The number of nitrogens with one attached hydrogen (secondary N) is 1. The number of hydrogen-bond acceptors (Lipinski definition) is 5. The SMILES string of the molecule is CC(C)(CC(O)(Cc1cc2nc(N3CCCC3)ncc2[nH]1)C(F)(F)F)c1cc(F)ccc1O. The van der Waals surface area contributed by atoms with Gasteiger partial charge in [0.05, 0.1) is 17.2 Å². The molecule has 2 aromatic heterocycles. The zero-order valence-corrected chi connectivity index (χ0v) is 18.4. The zero-order chi connectivity index (χ0) is 24.0. The highest BCUT2D eigenvalue weighted by Crippen LogP contribution is 2.45. The van der Waals surface area contributed by atoms with Crippen molar-refractivity contribution in [2.75, 3.05) is 18.0 Å². The van der Waals surface area contributed by atoms with Crippen molar-refractivity contribution in [3.8, 4) is 5.75 Å². The lowest BCUT2D eigenvalue weighted by Gasteiger charge is -2.38. The fourth-order valence-corrected chi connectivity index (χ4v) is 4.59. The number of benzene rings is 1. The van der Waals surface area contributed by atoms with Crippen LogP contribution in [0.15, 0.2) is 30.5 Å². The minimum absolute atomic E-state index is 0.0112. The van der Waals surface area contributed by atoms with Gasteiger partial charge >= 0.3 is 6.18 Å². The second kappa shape index (κ2) is 8.16. The van der Waals surface area contributed by atoms with Crippen LogP contribution in [0.5, 0.6) is 5.75 Å². The van der Waals surface area contributed by atoms with Crippen molar-refractivity contribution in [2.24, 2.45) is 0 Å². The number of aliphatic hydroxyl groups is 1. The topological polar surface area (TPSA) is 85.3 Å². The van der Waals surface area contributed by atoms with E-state index in [-0.39, 0.29) is 17.0 Å². The van der Waals surface area contributed by atoms with Gasteiger partial charge in [-0.1, -0.05) is 13.8 Å². The number of aromatic hydroxyl groups is 1. The fraction of sp³-hybridized carbons (Fsp3) is 0.478. The van der Waals surface area contributed by atoms with E-state index in [1.54, 1.807) is 0 Å². The minimum atomic E-state index is -4.98. The maximum atomic E-state index is 14.1. The molecule has 178 valence electrons. The lowest BCUT2D eigenvalue weighted by atomic mass is 9.73. The van der Waals surface area contributed by atoms with Crippen molar-refractivity contribution in [2.45, 2.75) is 56.7 Å². The van der Waals surface area contributed by atoms with Crippen LogP contribution in [0.4, 0.5) is 23.5 Å². The summed E-state index contributed by atoms with van der Waals surface area (Å²) < 4.78 is 56.1. The van der Waals surface area contributed by atoms with Gasteiger partial charge in [-0.05, 0) is 48.9 Å². The number of alkyl halides is 3. The van der Waals surface area contributed by atoms with Crippen LogP contribution in [-0.2, 0) is 11.8 Å². The number of aromatic nitrogens is 3. The van der Waals surface area contributed by atoms with Gasteiger partial charge in [-0.2, -0.15) is 13.2 Å². The van der Waals surface area contributed by atoms with E-state index in [0.717, 1.165) is 44.1 Å². The van der Waals surface area contributed by atoms with Gasteiger partial charge < -0.3 is 20.1 Å². The molecule has 4 rings (SSSR count). The van der Waals surface area contributed by atoms with E-state index in [9.17, 15) is 27.8 Å². The van der Waals surface area contributed by atoms with Crippen LogP contribution in [-0.4, -0.2) is 50.0 Å². The van der Waals surface area contributed by atoms with E-state index < -0.39 is 35.9 Å². The number of halogens is 4. The van der Waals surface area contributed by atoms with E-state index in [0.29, 0.717) is 17.0 Å². The number of phenolic OH excluding ortho intramolecular Hbond substituents is 1. The first-order valence-corrected chi connectivity index (χ1v) is 10.8. The zero-order valence-electron chi connectivity index (χ0n) is 18.4. The van der Waals surface area contributed by atoms with Crippen LogP contribution in [0.3, 0.4) is 0 Å². The second-order valence-electron chi connectivity index (χ2n) is 9.39. The molecule has 1 atom stereocenters. The van der Waals surface area contributed by atoms with Gasteiger partial charge in [0.1, 0.15) is 11.6 Å². The predicted octanol–water partition coefficient (Wildman–Crippen LogP) is 4.61. The third-order valence-electron chi connectivity index (χ3n) is 6.23. The molecule has 1 unspecified atom stereocenters. The molecule has 0 amide bonds. The van der Waals surface area contributed by atoms with Crippen molar-refractivity contribution < 1.29 is 27.8 Å². The van der Waals surface area contributed by atoms with Crippen LogP contribution in [0.1, 0.15) is 44.4 Å². The molecule has 33 heavy (non-hydrogen) atoms. The number of phenols is 1. The number of H-pyrrole nitrogens is 1. The van der Waals surface area contributed by atoms with Crippen LogP contribution < -0.4 is 4.90 Å². The smallest absolute Gasteiger partial charge is 0.417 e. The van der Waals surface area contributed by atoms with Gasteiger partial charge in [-0.3, -0.25) is 0 Å². The second-order valence-corrected chi connectivity index (χ2v) is 9.39. The summed E-state index contributed by atoms with van der Waals surface area (Å²) in [6.45, 7) is 4.52. The predicted molar refractivity (Wildman–Crippen MR) is 116 cm³/mol. The van der Waals surface area contributed by atoms with Gasteiger partial charge in [-0.15, -0.1) is 0 Å². The molecule has 0 saturated carbocycles. The van der Waals surface area contributed by atoms with Gasteiger partial charge in [0, 0.05) is 30.8 Å². The first-order valence-electron chi connectivity index (χ1n) is 10.8. The molecule has 0 spiro atoms. The Morgan fingerprint density at radius 3 is 2.48 bits per heavy atom. The molecule has 3 aromatic rings. The average Bonchev–Trinajstić information content (AvgIpc) is 3.37. The molecule has 1 saturated heterocycles. The summed E-state index contributed by atoms with van der Waals surface area (Å²) in [4.78, 5) is 13.7. The normalized spacial score (nSPS) is 17.0. The molecule has 1 aliphatic rings. The summed E-state index contributed by atoms with van der Waals surface area (Å²) in [6.07, 6.45) is -2.92. The number of fused-ring (bicyclic) bond motifs is 1. The van der Waals surface area contributed by atoms with Crippen LogP contribution >= 0.6 is 0 Å². The van der Waals surface area contributed by atoms with E-state index in [4.69, 9.17) is 0 Å². The monoisotopic (exact) mass is 466 g/mol. The first kappa shape index (κ1) is 23.3. The van der Waals surface area contributed by atoms with Crippen molar-refractivity contribution in [1.82, 2.24) is 15.0 Å². The minimum Gasteiger partial charge on any atom is -0.508 e. The summed E-state index contributed by atoms with van der Waals surface area (Å²) in [7, 11) is 0. The maximum absolute atomic E-state index is 14.1. The Hall–Kier alpha value is -2.88. The highest BCUT2D eigenvalue weighted by Gasteiger charge is 2.56. The van der Waals surface area contributed by atoms with Gasteiger partial charge in [0.25, 0.3) is 0 Å². The number of nitrogens with zero attached hydrogens (tertiary/aromatic N) is 3. The molecule has 6 nitrogen and oxygen atoms in total. The number of hydrogen-bond donors (Lipinski definition) is 3. The Bertz CT molecular complexity index is 1160. The first-order chi connectivity index (χ1) is 15.4. The third-order valence-corrected chi connectivity index (χ3v) is 6.23. The molecular formula is C23H26F4N4O2. The number of anilines is 1. The van der Waals surface area contributed by atoms with E-state index >= 15 is 0 Å². The molecule has 0 aliphatic carbocycles. The van der Waals surface area contributed by atoms with Crippen LogP contribution in [0.2, 0.25) is 0 Å². The van der Waals surface area contributed by atoms with E-state index in [1.165, 1.54) is 26.1 Å². The summed E-state index contributed by atoms with van der Waals surface area (Å²) in [5.41, 5.74) is -3.44. The molecule has 0 radical (unpaired) electrons. The largest absolute Gasteiger partial charge is 0.508 e. The van der Waals surface area contributed by atoms with Gasteiger partial charge in [0.2, 0.25) is 5.95 Å². The molecule has 1 fully saturated rings. The Labute approximate surface area is 188 Å². The van der Waals surface area contributed by atoms with E-state index in [1.807, 2.05) is 4.90 Å². The summed E-state index contributed by atoms with van der Waals surface area (Å²) in [5, 5.41) is 21.0. The van der Waals surface area contributed by atoms with Crippen molar-refractivity contribution in [1.29, 1.82) is 0 Å². The molecule has 10 heteroatoms. The van der Waals surface area contributed by atoms with Crippen LogP contribution in [0, 0.1) is 5.82 Å². The van der Waals surface area contributed by atoms with Gasteiger partial charge in [-0.25, -0.2) is 14.4 Å². The third kappa shape index (κ3) is 4.62. The van der Waals surface area contributed by atoms with Crippen molar-refractivity contribution >= 4 is 17.0 Å². The Morgan fingerprint density at radius 2 is 1.82 bits per heavy atom. The van der Waals surface area contributed by atoms with Gasteiger partial charge in [0.15, 0.2) is 5.60 Å². The molecule has 3 heterocycles. The van der Waals surface area contributed by atoms with E-state index in [2.05, 4.69) is 15.0 Å². The Morgan fingerprint density at radius 1 is 1.12 bits per heavy atom. The lowest BCUT2D eigenvalue weighted by Crippen LogP contribution is -2.50. The van der Waals surface area contributed by atoms with Crippen molar-refractivity contribution in [3.63, 3.8) is 0 Å². The Kier molecular flexibility index (Phi) is 5.76. The Balaban J connectivity index is 1.64. The van der Waals surface area contributed by atoms with Crippen molar-refractivity contribution in [3.05, 3.63) is 47.5 Å². The molecule has 1 aromatic carbocycles. The number of aromatic amines is 1. The summed E-state index contributed by atoms with van der Waals surface area (Å²) >= 11 is 0. The molecular weight excluding hydrogens is 440 g/mol. The molecule has 1 aliphatic heterocycles. The molecule has 3 N–H and O–H groups in total. The average molecular weight is 466 g/mol. The van der Waals surface area contributed by atoms with Crippen LogP contribution in [0.25, 0.3) is 11.0 Å². The highest BCUT2D eigenvalue weighted by molar-refractivity contribution is 5.76. The lowest BCUT2D eigenvalue weighted by molar-refractivity contribution is -0.266. The quantitative estimate of drug-likeness (QED) is 0.462. The standard InChI is InChI=1S/C23H26F4N4O2/c1-21(2,16-9-14(24)5-6-19(16)32)13-22(33,23(25,26)27)11-15-10-17-18(29-15)12-28-20(30-17)31-7-3-4-8-31/h5-6,9-10,12,29,32-33H,3-4,7-8,11,13H2,1-2H3. The highest BCUT2D eigenvalue weighted by atomic mass is 19.4. The fourth-order valence-electron chi connectivity index (χ4n) is 4.59. The maximum Gasteiger partial charge on any atom is 0.417 e. The number of rotatable bonds is 6.